The zero-order valence-electron chi connectivity index (χ0n) is 11.3. The summed E-state index contributed by atoms with van der Waals surface area (Å²) >= 11 is 0. The van der Waals surface area contributed by atoms with E-state index in [1.807, 2.05) is 12.1 Å². The van der Waals surface area contributed by atoms with Gasteiger partial charge < -0.3 is 14.7 Å². The average Bonchev–Trinajstić information content (AvgIpc) is 2.89. The molecule has 1 aliphatic rings. The van der Waals surface area contributed by atoms with Crippen molar-refractivity contribution >= 4 is 5.97 Å². The van der Waals surface area contributed by atoms with Crippen LogP contribution in [0.3, 0.4) is 0 Å². The predicted molar refractivity (Wildman–Crippen MR) is 73.5 cm³/mol. The number of aromatic carboxylic acids is 1. The van der Waals surface area contributed by atoms with Crippen LogP contribution in [-0.2, 0) is 11.2 Å². The molecule has 0 aromatic heterocycles. The van der Waals surface area contributed by atoms with Crippen LogP contribution in [0, 0.1) is 5.92 Å². The molecule has 1 unspecified atom stereocenters. The molecule has 1 atom stereocenters. The Morgan fingerprint density at radius 2 is 2.26 bits per heavy atom. The van der Waals surface area contributed by atoms with E-state index in [0.29, 0.717) is 11.5 Å². The van der Waals surface area contributed by atoms with E-state index in [1.54, 1.807) is 12.1 Å². The first kappa shape index (κ1) is 14.0. The molecule has 0 amide bonds. The Morgan fingerprint density at radius 3 is 2.95 bits per heavy atom. The number of hydrogen-bond acceptors (Lipinski definition) is 3. The Balaban J connectivity index is 1.85. The maximum Gasteiger partial charge on any atom is 0.335 e. The standard InChI is InChI=1S/C15H21NO3/c1-16(10-12-7-9-19-11-12)8-6-13-4-2-3-5-14(13)15(17)18/h2-5,12H,6-11H2,1H3,(H,17,18). The lowest BCUT2D eigenvalue weighted by molar-refractivity contribution is 0.0695. The molecule has 1 fully saturated rings. The van der Waals surface area contributed by atoms with Crippen molar-refractivity contribution < 1.29 is 14.6 Å². The Labute approximate surface area is 114 Å². The highest BCUT2D eigenvalue weighted by molar-refractivity contribution is 5.89. The zero-order valence-corrected chi connectivity index (χ0v) is 11.3. The molecule has 0 spiro atoms. The lowest BCUT2D eigenvalue weighted by Gasteiger charge is -2.20. The first-order chi connectivity index (χ1) is 9.16. The minimum absolute atomic E-state index is 0.417. The number of carboxylic acid groups (broad SMARTS) is 1. The highest BCUT2D eigenvalue weighted by Gasteiger charge is 2.17. The van der Waals surface area contributed by atoms with Gasteiger partial charge in [-0.15, -0.1) is 0 Å². The van der Waals surface area contributed by atoms with Gasteiger partial charge in [0.05, 0.1) is 12.2 Å². The first-order valence-electron chi connectivity index (χ1n) is 6.74. The molecule has 2 rings (SSSR count). The van der Waals surface area contributed by atoms with Gasteiger partial charge in [0.25, 0.3) is 0 Å². The molecule has 0 saturated carbocycles. The molecule has 4 nitrogen and oxygen atoms in total. The van der Waals surface area contributed by atoms with Gasteiger partial charge in [-0.1, -0.05) is 18.2 Å². The highest BCUT2D eigenvalue weighted by atomic mass is 16.5. The van der Waals surface area contributed by atoms with E-state index in [0.717, 1.165) is 44.7 Å². The molecular weight excluding hydrogens is 242 g/mol. The van der Waals surface area contributed by atoms with Gasteiger partial charge in [-0.2, -0.15) is 0 Å². The van der Waals surface area contributed by atoms with Gasteiger partial charge in [0, 0.05) is 19.7 Å². The van der Waals surface area contributed by atoms with E-state index >= 15 is 0 Å². The maximum absolute atomic E-state index is 11.1. The second-order valence-electron chi connectivity index (χ2n) is 5.20. The molecular formula is C15H21NO3. The number of likely N-dealkylation sites (N-methyl/N-ethyl adjacent to an activating group) is 1. The van der Waals surface area contributed by atoms with Crippen molar-refractivity contribution in [3.63, 3.8) is 0 Å². The van der Waals surface area contributed by atoms with Crippen molar-refractivity contribution in [3.8, 4) is 0 Å². The Morgan fingerprint density at radius 1 is 1.47 bits per heavy atom. The van der Waals surface area contributed by atoms with Gasteiger partial charge in [-0.25, -0.2) is 4.79 Å². The third-order valence-corrected chi connectivity index (χ3v) is 3.60. The quantitative estimate of drug-likeness (QED) is 0.851. The summed E-state index contributed by atoms with van der Waals surface area (Å²) in [6.07, 6.45) is 1.91. The predicted octanol–water partition coefficient (Wildman–Crippen LogP) is 1.90. The molecule has 1 N–H and O–H groups in total. The number of hydrogen-bond donors (Lipinski definition) is 1. The molecule has 1 aromatic rings. The average molecular weight is 263 g/mol. The Hall–Kier alpha value is -1.39. The summed E-state index contributed by atoms with van der Waals surface area (Å²) in [5, 5.41) is 9.13. The Kier molecular flexibility index (Phi) is 4.93. The van der Waals surface area contributed by atoms with E-state index in [4.69, 9.17) is 9.84 Å². The minimum atomic E-state index is -0.845. The number of ether oxygens (including phenoxy) is 1. The molecule has 0 bridgehead atoms. The SMILES string of the molecule is CN(CCc1ccccc1C(=O)O)CC1CCOC1. The van der Waals surface area contributed by atoms with Crippen LogP contribution in [0.4, 0.5) is 0 Å². The third kappa shape index (κ3) is 4.04. The van der Waals surface area contributed by atoms with Crippen LogP contribution < -0.4 is 0 Å². The number of carbonyl (C=O) groups is 1. The summed E-state index contributed by atoms with van der Waals surface area (Å²) in [5.74, 6) is -0.220. The van der Waals surface area contributed by atoms with E-state index in [1.165, 1.54) is 0 Å². The van der Waals surface area contributed by atoms with Crippen molar-refractivity contribution in [2.24, 2.45) is 5.92 Å². The molecule has 0 aliphatic carbocycles. The fraction of sp³-hybridized carbons (Fsp3) is 0.533. The van der Waals surface area contributed by atoms with Gasteiger partial charge >= 0.3 is 5.97 Å². The topological polar surface area (TPSA) is 49.8 Å². The van der Waals surface area contributed by atoms with Crippen LogP contribution in [0.2, 0.25) is 0 Å². The second-order valence-corrected chi connectivity index (χ2v) is 5.20. The van der Waals surface area contributed by atoms with Crippen LogP contribution in [0.25, 0.3) is 0 Å². The molecule has 4 heteroatoms. The minimum Gasteiger partial charge on any atom is -0.478 e. The second kappa shape index (κ2) is 6.68. The highest BCUT2D eigenvalue weighted by Crippen LogP contribution is 2.14. The molecule has 1 aliphatic heterocycles. The van der Waals surface area contributed by atoms with Crippen LogP contribution >= 0.6 is 0 Å². The number of benzene rings is 1. The van der Waals surface area contributed by atoms with Gasteiger partial charge in [0.2, 0.25) is 0 Å². The normalized spacial score (nSPS) is 18.9. The monoisotopic (exact) mass is 263 g/mol. The molecule has 19 heavy (non-hydrogen) atoms. The van der Waals surface area contributed by atoms with Crippen molar-refractivity contribution in [2.45, 2.75) is 12.8 Å². The number of nitrogens with zero attached hydrogens (tertiary/aromatic N) is 1. The lowest BCUT2D eigenvalue weighted by atomic mass is 10.0. The van der Waals surface area contributed by atoms with E-state index in [2.05, 4.69) is 11.9 Å². The zero-order chi connectivity index (χ0) is 13.7. The van der Waals surface area contributed by atoms with Crippen molar-refractivity contribution in [3.05, 3.63) is 35.4 Å². The summed E-state index contributed by atoms with van der Waals surface area (Å²) in [6.45, 7) is 3.63. The van der Waals surface area contributed by atoms with Gasteiger partial charge in [-0.05, 0) is 37.4 Å². The molecule has 104 valence electrons. The molecule has 1 heterocycles. The van der Waals surface area contributed by atoms with Gasteiger partial charge in [0.15, 0.2) is 0 Å². The molecule has 0 radical (unpaired) electrons. The fourth-order valence-electron chi connectivity index (χ4n) is 2.52. The summed E-state index contributed by atoms with van der Waals surface area (Å²) in [5.41, 5.74) is 1.32. The van der Waals surface area contributed by atoms with Crippen molar-refractivity contribution in [1.82, 2.24) is 4.90 Å². The number of carboxylic acids is 1. The van der Waals surface area contributed by atoms with Gasteiger partial charge in [-0.3, -0.25) is 0 Å². The van der Waals surface area contributed by atoms with Gasteiger partial charge in [0.1, 0.15) is 0 Å². The van der Waals surface area contributed by atoms with Crippen LogP contribution in [0.15, 0.2) is 24.3 Å². The van der Waals surface area contributed by atoms with Crippen molar-refractivity contribution in [1.29, 1.82) is 0 Å². The van der Waals surface area contributed by atoms with Crippen molar-refractivity contribution in [2.75, 3.05) is 33.4 Å². The number of rotatable bonds is 6. The smallest absolute Gasteiger partial charge is 0.335 e. The fourth-order valence-corrected chi connectivity index (χ4v) is 2.52. The summed E-state index contributed by atoms with van der Waals surface area (Å²) in [7, 11) is 2.09. The largest absolute Gasteiger partial charge is 0.478 e. The van der Waals surface area contributed by atoms with Crippen LogP contribution in [0.1, 0.15) is 22.3 Å². The van der Waals surface area contributed by atoms with Crippen LogP contribution in [-0.4, -0.2) is 49.3 Å². The van der Waals surface area contributed by atoms with E-state index in [9.17, 15) is 4.79 Å². The first-order valence-corrected chi connectivity index (χ1v) is 6.74. The van der Waals surface area contributed by atoms with Crippen LogP contribution in [0.5, 0.6) is 0 Å². The third-order valence-electron chi connectivity index (χ3n) is 3.60. The summed E-state index contributed by atoms with van der Waals surface area (Å²) in [6, 6.07) is 7.23. The molecule has 1 saturated heterocycles. The van der Waals surface area contributed by atoms with E-state index in [-0.39, 0.29) is 0 Å². The lowest BCUT2D eigenvalue weighted by Crippen LogP contribution is -2.28. The molecule has 1 aromatic carbocycles. The summed E-state index contributed by atoms with van der Waals surface area (Å²) in [4.78, 5) is 13.4. The van der Waals surface area contributed by atoms with E-state index < -0.39 is 5.97 Å². The summed E-state index contributed by atoms with van der Waals surface area (Å²) < 4.78 is 5.37. The maximum atomic E-state index is 11.1. The Bertz CT molecular complexity index is 427.